The molecule has 0 radical (unpaired) electrons. The van der Waals surface area contributed by atoms with Crippen molar-refractivity contribution < 1.29 is 73.2 Å². The Morgan fingerprint density at radius 1 is 0.753 bits per heavy atom. The number of rotatable bonds is 12. The van der Waals surface area contributed by atoms with Gasteiger partial charge in [0.25, 0.3) is 0 Å². The maximum absolute atomic E-state index is 11.1. The fourth-order valence-electron chi connectivity index (χ4n) is 9.51. The topological polar surface area (TPSA) is 252 Å². The number of carboxylic acid groups (broad SMARTS) is 5. The van der Waals surface area contributed by atoms with Gasteiger partial charge in [-0.15, -0.1) is 0 Å². The Hall–Kier alpha value is -6.96. The van der Waals surface area contributed by atoms with Crippen molar-refractivity contribution in [2.75, 3.05) is 60.3 Å². The summed E-state index contributed by atoms with van der Waals surface area (Å²) >= 11 is 10.9. The van der Waals surface area contributed by atoms with Crippen molar-refractivity contribution in [3.05, 3.63) is 146 Å². The van der Waals surface area contributed by atoms with Crippen LogP contribution in [0.1, 0.15) is 94.5 Å². The van der Waals surface area contributed by atoms with Crippen molar-refractivity contribution in [2.45, 2.75) is 71.6 Å². The molecular weight excluding hydrogens is 1040 g/mol. The lowest BCUT2D eigenvalue weighted by atomic mass is 9.75. The van der Waals surface area contributed by atoms with Crippen molar-refractivity contribution in [2.24, 2.45) is 17.8 Å². The Kier molecular flexibility index (Phi) is 23.8. The van der Waals surface area contributed by atoms with Gasteiger partial charge < -0.3 is 54.1 Å². The second kappa shape index (κ2) is 30.1. The second-order valence-corrected chi connectivity index (χ2v) is 19.8. The van der Waals surface area contributed by atoms with E-state index >= 15 is 0 Å². The predicted molar refractivity (Wildman–Crippen MR) is 289 cm³/mol. The van der Waals surface area contributed by atoms with Crippen molar-refractivity contribution in [1.29, 1.82) is 0 Å². The van der Waals surface area contributed by atoms with E-state index in [9.17, 15) is 24.0 Å². The Labute approximate surface area is 458 Å². The highest BCUT2D eigenvalue weighted by Gasteiger charge is 2.32. The zero-order valence-electron chi connectivity index (χ0n) is 43.7. The number of carboxylic acids is 3. The van der Waals surface area contributed by atoms with Crippen LogP contribution < -0.4 is 9.47 Å². The minimum Gasteiger partial charge on any atom is -0.493 e. The molecule has 1 saturated heterocycles. The number of fused-ring (bicyclic) bond motifs is 4. The first-order valence-corrected chi connectivity index (χ1v) is 25.8. The zero-order valence-corrected chi connectivity index (χ0v) is 45.2. The molecule has 9 rings (SSSR count). The van der Waals surface area contributed by atoms with E-state index in [0.717, 1.165) is 66.9 Å². The summed E-state index contributed by atoms with van der Waals surface area (Å²) in [5.74, 6) is 0.457. The standard InChI is InChI=1S/C19H21NO4.C15H12O3.C12H22O3.C6H3Cl2NO2.C5H9NO3/c1-23-17-9-14-6-7-20(12-16(14)10-18(17)24-2)11-13-4-3-5-15(8-13)19(21)22;16-15(17)18-9-14-12-7-3-1-5-10(12)11-6-2-4-8-13(11)14;1-8(2)10-5-4-9(3)6-11(10)15-7-12(13)14;7-4-1-3(6(10)11)2-9-5(4)8;7-5(8)6-1-3-9-4-2-6/h3-5,8-10H,6-7,11-12H2,1-2H3,(H,21,22);1-8,14H,9H2,(H,16,17);8-11H,4-7H2,1-3H3,(H,13,14);1-2H,(H,10,11);1-4H2,(H,7,8)/t;;9-,10+,11?;;/m..0../s1. The van der Waals surface area contributed by atoms with Gasteiger partial charge in [-0.2, -0.15) is 0 Å². The van der Waals surface area contributed by atoms with Gasteiger partial charge in [0.2, 0.25) is 0 Å². The predicted octanol–water partition coefficient (Wildman–Crippen LogP) is 11.1. The third-order valence-electron chi connectivity index (χ3n) is 13.4. The van der Waals surface area contributed by atoms with Crippen LogP contribution in [0.4, 0.5) is 9.59 Å². The molecule has 1 saturated carbocycles. The van der Waals surface area contributed by atoms with Crippen LogP contribution in [-0.4, -0.2) is 137 Å². The summed E-state index contributed by atoms with van der Waals surface area (Å²) in [5.41, 5.74) is 8.50. The van der Waals surface area contributed by atoms with Crippen LogP contribution in [0.2, 0.25) is 10.2 Å². The fourth-order valence-corrected chi connectivity index (χ4v) is 9.78. The molecule has 1 unspecified atom stereocenters. The van der Waals surface area contributed by atoms with Gasteiger partial charge >= 0.3 is 30.2 Å². The molecule has 4 aromatic carbocycles. The SMILES string of the molecule is CC(C)[C@H]1CC[C@H](C)CC1OCC(=O)O.COc1cc2c(cc1OC)CN(Cc1cccc(C(=O)O)c1)CC2.O=C(O)N1CCOCC1.O=C(O)OCC1c2ccccc2-c2ccccc21.O=C(O)c1cnc(Cl)c(Cl)c1. The fraction of sp³-hybridized carbons (Fsp3) is 0.404. The first-order chi connectivity index (χ1) is 36.8. The number of ether oxygens (including phenoxy) is 5. The first-order valence-electron chi connectivity index (χ1n) is 25.1. The minimum absolute atomic E-state index is 0.00787. The summed E-state index contributed by atoms with van der Waals surface area (Å²) in [7, 11) is 3.29. The van der Waals surface area contributed by atoms with Crippen LogP contribution in [0.15, 0.2) is 97.2 Å². The highest BCUT2D eigenvalue weighted by molar-refractivity contribution is 6.41. The van der Waals surface area contributed by atoms with Crippen LogP contribution >= 0.6 is 23.2 Å². The lowest BCUT2D eigenvalue weighted by molar-refractivity contribution is -0.147. The Bertz CT molecular complexity index is 2740. The van der Waals surface area contributed by atoms with Gasteiger partial charge in [0.05, 0.1) is 49.7 Å². The van der Waals surface area contributed by atoms with Crippen molar-refractivity contribution in [1.82, 2.24) is 14.8 Å². The Balaban J connectivity index is 0.000000185. The third kappa shape index (κ3) is 18.3. The number of nitrogens with zero attached hydrogens (tertiary/aromatic N) is 3. The lowest BCUT2D eigenvalue weighted by Gasteiger charge is -2.36. The largest absolute Gasteiger partial charge is 0.505 e. The number of amides is 1. The number of pyridine rings is 1. The monoisotopic (exact) mass is 1100 g/mol. The van der Waals surface area contributed by atoms with E-state index in [4.69, 9.17) is 72.4 Å². The molecule has 414 valence electrons. The maximum Gasteiger partial charge on any atom is 0.505 e. The number of hydrogen-bond acceptors (Lipinski definition) is 12. The number of benzene rings is 4. The number of aromatic carboxylic acids is 2. The molecule has 5 N–H and O–H groups in total. The summed E-state index contributed by atoms with van der Waals surface area (Å²) in [4.78, 5) is 59.9. The number of aromatic nitrogens is 1. The van der Waals surface area contributed by atoms with Gasteiger partial charge in [-0.1, -0.05) is 111 Å². The molecule has 2 fully saturated rings. The van der Waals surface area contributed by atoms with Crippen LogP contribution in [-0.2, 0) is 38.5 Å². The van der Waals surface area contributed by atoms with E-state index in [1.807, 2.05) is 48.5 Å². The van der Waals surface area contributed by atoms with Crippen molar-refractivity contribution >= 4 is 53.4 Å². The molecule has 3 atom stereocenters. The first kappa shape index (κ1) is 60.9. The average molecular weight is 1110 g/mol. The number of methoxy groups -OCH3 is 2. The molecule has 2 aliphatic carbocycles. The number of hydrogen-bond donors (Lipinski definition) is 5. The molecule has 0 spiro atoms. The van der Waals surface area contributed by atoms with E-state index in [1.54, 1.807) is 32.4 Å². The Morgan fingerprint density at radius 3 is 1.90 bits per heavy atom. The van der Waals surface area contributed by atoms with Gasteiger partial charge in [-0.25, -0.2) is 29.0 Å². The molecule has 2 aliphatic heterocycles. The van der Waals surface area contributed by atoms with Crippen LogP contribution in [0.3, 0.4) is 0 Å². The molecular formula is C57H67Cl2N3O15. The molecule has 3 heterocycles. The van der Waals surface area contributed by atoms with E-state index in [0.29, 0.717) is 49.6 Å². The third-order valence-corrected chi connectivity index (χ3v) is 14.1. The van der Waals surface area contributed by atoms with Crippen LogP contribution in [0.25, 0.3) is 11.1 Å². The second-order valence-electron chi connectivity index (χ2n) is 19.0. The van der Waals surface area contributed by atoms with Gasteiger partial charge in [0, 0.05) is 44.8 Å². The Morgan fingerprint density at radius 2 is 1.36 bits per heavy atom. The van der Waals surface area contributed by atoms with Crippen LogP contribution in [0.5, 0.6) is 11.5 Å². The van der Waals surface area contributed by atoms with Crippen molar-refractivity contribution in [3.63, 3.8) is 0 Å². The minimum atomic E-state index is -1.23. The highest BCUT2D eigenvalue weighted by atomic mass is 35.5. The molecule has 1 aromatic heterocycles. The molecule has 77 heavy (non-hydrogen) atoms. The van der Waals surface area contributed by atoms with Crippen LogP contribution in [0, 0.1) is 17.8 Å². The molecule has 0 bridgehead atoms. The van der Waals surface area contributed by atoms with Gasteiger partial charge in [0.1, 0.15) is 18.4 Å². The molecule has 4 aliphatic rings. The normalized spacial score (nSPS) is 17.3. The quantitative estimate of drug-likeness (QED) is 0.0575. The maximum atomic E-state index is 11.1. The average Bonchev–Trinajstić information content (AvgIpc) is 3.77. The van der Waals surface area contributed by atoms with E-state index in [-0.39, 0.29) is 41.0 Å². The van der Waals surface area contributed by atoms with E-state index in [1.165, 1.54) is 46.1 Å². The molecule has 1 amide bonds. The number of carbonyl (C=O) groups is 5. The summed E-state index contributed by atoms with van der Waals surface area (Å²) in [5, 5.41) is 43.5. The molecule has 18 nitrogen and oxygen atoms in total. The number of aliphatic carboxylic acids is 1. The molecule has 20 heteroatoms. The highest BCUT2D eigenvalue weighted by Crippen LogP contribution is 2.44. The number of halogens is 2. The van der Waals surface area contributed by atoms with E-state index < -0.39 is 30.2 Å². The summed E-state index contributed by atoms with van der Waals surface area (Å²) in [6, 6.07) is 28.6. The number of morpholine rings is 1. The van der Waals surface area contributed by atoms with Gasteiger partial charge in [-0.3, -0.25) is 4.90 Å². The summed E-state index contributed by atoms with van der Waals surface area (Å²) in [6.07, 6.45) is 3.58. The van der Waals surface area contributed by atoms with E-state index in [2.05, 4.69) is 48.9 Å². The van der Waals surface area contributed by atoms with Gasteiger partial charge in [-0.05, 0) is 106 Å². The zero-order chi connectivity index (χ0) is 56.2. The van der Waals surface area contributed by atoms with Crippen molar-refractivity contribution in [3.8, 4) is 22.6 Å². The lowest BCUT2D eigenvalue weighted by Crippen LogP contribution is -2.39. The molecule has 5 aromatic rings. The summed E-state index contributed by atoms with van der Waals surface area (Å²) in [6.45, 7) is 11.2. The van der Waals surface area contributed by atoms with Gasteiger partial charge in [0.15, 0.2) is 11.5 Å². The smallest absolute Gasteiger partial charge is 0.493 e. The summed E-state index contributed by atoms with van der Waals surface area (Å²) < 4.78 is 25.9.